The maximum atomic E-state index is 12.8. The maximum absolute atomic E-state index is 12.8. The molecule has 0 aromatic heterocycles. The predicted molar refractivity (Wildman–Crippen MR) is 114 cm³/mol. The monoisotopic (exact) mass is 667 g/mol. The molecule has 156 valence electrons. The fourth-order valence-electron chi connectivity index (χ4n) is 2.72. The zero-order valence-electron chi connectivity index (χ0n) is 14.3. The van der Waals surface area contributed by atoms with Gasteiger partial charge in [-0.15, -0.1) is 0 Å². The SMILES string of the molecule is O=C(OCCS(=O)(=O)[O-])c1c(Br)c(Br)c(Br)c(Br)c1C(=O)OC1CCCCC1. The molecule has 0 radical (unpaired) electrons. The van der Waals surface area contributed by atoms with Crippen molar-refractivity contribution >= 4 is 85.8 Å². The summed E-state index contributed by atoms with van der Waals surface area (Å²) in [5.41, 5.74) is -0.187. The van der Waals surface area contributed by atoms with E-state index in [0.717, 1.165) is 32.1 Å². The summed E-state index contributed by atoms with van der Waals surface area (Å²) in [5.74, 6) is -2.52. The van der Waals surface area contributed by atoms with Crippen LogP contribution in [0.5, 0.6) is 0 Å². The van der Waals surface area contributed by atoms with Crippen molar-refractivity contribution in [3.8, 4) is 0 Å². The van der Waals surface area contributed by atoms with Crippen LogP contribution in [0.4, 0.5) is 0 Å². The molecule has 2 rings (SSSR count). The summed E-state index contributed by atoms with van der Waals surface area (Å²) in [4.78, 5) is 25.4. The molecule has 0 spiro atoms. The van der Waals surface area contributed by atoms with E-state index < -0.39 is 34.4 Å². The van der Waals surface area contributed by atoms with Gasteiger partial charge in [0.1, 0.15) is 12.7 Å². The Labute approximate surface area is 196 Å². The lowest BCUT2D eigenvalue weighted by molar-refractivity contribution is 0.0202. The highest BCUT2D eigenvalue weighted by Gasteiger charge is 2.31. The van der Waals surface area contributed by atoms with Gasteiger partial charge in [-0.25, -0.2) is 18.0 Å². The summed E-state index contributed by atoms with van der Waals surface area (Å²) in [6.07, 6.45) is 4.29. The van der Waals surface area contributed by atoms with Gasteiger partial charge in [0, 0.05) is 17.9 Å². The number of rotatable bonds is 6. The number of hydrogen-bond donors (Lipinski definition) is 0. The molecule has 0 heterocycles. The second-order valence-electron chi connectivity index (χ2n) is 6.07. The molecule has 1 aliphatic rings. The summed E-state index contributed by atoms with van der Waals surface area (Å²) >= 11 is 13.2. The van der Waals surface area contributed by atoms with Crippen LogP contribution in [-0.2, 0) is 19.6 Å². The van der Waals surface area contributed by atoms with E-state index in [1.165, 1.54) is 0 Å². The molecule has 1 saturated carbocycles. The van der Waals surface area contributed by atoms with Crippen molar-refractivity contribution in [3.63, 3.8) is 0 Å². The Kier molecular flexibility index (Phi) is 8.96. The summed E-state index contributed by atoms with van der Waals surface area (Å²) in [6.45, 7) is -0.625. The number of halogens is 4. The van der Waals surface area contributed by atoms with Crippen molar-refractivity contribution < 1.29 is 32.0 Å². The molecular formula is C16H15Br4O7S-. The molecular weight excluding hydrogens is 656 g/mol. The van der Waals surface area contributed by atoms with Crippen LogP contribution in [0.15, 0.2) is 17.9 Å². The van der Waals surface area contributed by atoms with Gasteiger partial charge in [-0.2, -0.15) is 0 Å². The van der Waals surface area contributed by atoms with Crippen molar-refractivity contribution in [1.82, 2.24) is 0 Å². The van der Waals surface area contributed by atoms with Crippen LogP contribution < -0.4 is 0 Å². The molecule has 0 atom stereocenters. The fourth-order valence-corrected chi connectivity index (χ4v) is 5.45. The second-order valence-corrected chi connectivity index (χ2v) is 10.8. The molecule has 0 N–H and O–H groups in total. The van der Waals surface area contributed by atoms with E-state index in [4.69, 9.17) is 9.47 Å². The number of ether oxygens (including phenoxy) is 2. The topological polar surface area (TPSA) is 110 Å². The minimum Gasteiger partial charge on any atom is -0.748 e. The average molecular weight is 671 g/mol. The van der Waals surface area contributed by atoms with Gasteiger partial charge in [-0.1, -0.05) is 6.42 Å². The summed E-state index contributed by atoms with van der Waals surface area (Å²) in [6, 6.07) is 0. The van der Waals surface area contributed by atoms with E-state index in [9.17, 15) is 22.6 Å². The molecule has 1 aliphatic carbocycles. The molecule has 1 aromatic carbocycles. The number of benzene rings is 1. The lowest BCUT2D eigenvalue weighted by atomic mass is 9.97. The van der Waals surface area contributed by atoms with Gasteiger partial charge in [0.25, 0.3) is 0 Å². The first-order chi connectivity index (χ1) is 13.0. The molecule has 1 aromatic rings. The van der Waals surface area contributed by atoms with Gasteiger partial charge in [0.15, 0.2) is 0 Å². The lowest BCUT2D eigenvalue weighted by Gasteiger charge is -2.23. The quantitative estimate of drug-likeness (QED) is 0.183. The third-order valence-electron chi connectivity index (χ3n) is 4.07. The first-order valence-electron chi connectivity index (χ1n) is 8.20. The summed E-state index contributed by atoms with van der Waals surface area (Å²) in [5, 5.41) is 0. The van der Waals surface area contributed by atoms with Crippen LogP contribution in [0.3, 0.4) is 0 Å². The van der Waals surface area contributed by atoms with Gasteiger partial charge in [-0.05, 0) is 89.4 Å². The van der Waals surface area contributed by atoms with Crippen LogP contribution in [0, 0.1) is 0 Å². The standard InChI is InChI=1S/C16H16Br4O7S/c17-11-9(15(21)26-6-7-28(23,24)25)10(12(18)14(20)13(11)19)16(22)27-8-4-2-1-3-5-8/h8H,1-7H2,(H,23,24,25)/p-1. The van der Waals surface area contributed by atoms with Crippen molar-refractivity contribution in [2.75, 3.05) is 12.4 Å². The van der Waals surface area contributed by atoms with Crippen molar-refractivity contribution in [3.05, 3.63) is 29.0 Å². The highest BCUT2D eigenvalue weighted by molar-refractivity contribution is 9.15. The van der Waals surface area contributed by atoms with E-state index in [0.29, 0.717) is 8.95 Å². The summed E-state index contributed by atoms with van der Waals surface area (Å²) in [7, 11) is -4.54. The Morgan fingerprint density at radius 2 is 1.39 bits per heavy atom. The largest absolute Gasteiger partial charge is 0.748 e. The third kappa shape index (κ3) is 6.24. The smallest absolute Gasteiger partial charge is 0.340 e. The van der Waals surface area contributed by atoms with Crippen LogP contribution in [0.2, 0.25) is 0 Å². The fraction of sp³-hybridized carbons (Fsp3) is 0.500. The second kappa shape index (κ2) is 10.3. The highest BCUT2D eigenvalue weighted by Crippen LogP contribution is 2.43. The molecule has 0 saturated heterocycles. The maximum Gasteiger partial charge on any atom is 0.340 e. The minimum absolute atomic E-state index is 0.0532. The number of carbonyl (C=O) groups is 2. The first-order valence-corrected chi connectivity index (χ1v) is 13.0. The van der Waals surface area contributed by atoms with Gasteiger partial charge >= 0.3 is 11.9 Å². The van der Waals surface area contributed by atoms with Crippen molar-refractivity contribution in [2.45, 2.75) is 38.2 Å². The van der Waals surface area contributed by atoms with Crippen LogP contribution in [0.1, 0.15) is 52.8 Å². The number of esters is 2. The Morgan fingerprint density at radius 1 is 0.893 bits per heavy atom. The Balaban J connectivity index is 2.36. The first kappa shape index (κ1) is 24.3. The molecule has 28 heavy (non-hydrogen) atoms. The van der Waals surface area contributed by atoms with E-state index in [-0.39, 0.29) is 26.2 Å². The Bertz CT molecular complexity index is 880. The highest BCUT2D eigenvalue weighted by atomic mass is 79.9. The molecule has 0 unspecified atom stereocenters. The third-order valence-corrected chi connectivity index (χ3v) is 9.50. The van der Waals surface area contributed by atoms with Gasteiger partial charge in [-0.3, -0.25) is 0 Å². The molecule has 0 bridgehead atoms. The van der Waals surface area contributed by atoms with Crippen LogP contribution >= 0.6 is 63.7 Å². The molecule has 0 amide bonds. The van der Waals surface area contributed by atoms with Crippen LogP contribution in [-0.4, -0.2) is 43.4 Å². The molecule has 7 nitrogen and oxygen atoms in total. The Morgan fingerprint density at radius 3 is 1.89 bits per heavy atom. The van der Waals surface area contributed by atoms with E-state index in [1.54, 1.807) is 0 Å². The minimum atomic E-state index is -4.54. The Hall–Kier alpha value is -0.0100. The van der Waals surface area contributed by atoms with Crippen LogP contribution in [0.25, 0.3) is 0 Å². The molecule has 1 fully saturated rings. The zero-order valence-corrected chi connectivity index (χ0v) is 21.5. The average Bonchev–Trinajstić information content (AvgIpc) is 2.62. The van der Waals surface area contributed by atoms with Crippen molar-refractivity contribution in [2.24, 2.45) is 0 Å². The van der Waals surface area contributed by atoms with Gasteiger partial charge < -0.3 is 14.0 Å². The number of hydrogen-bond acceptors (Lipinski definition) is 7. The van der Waals surface area contributed by atoms with E-state index in [1.807, 2.05) is 0 Å². The molecule has 0 aliphatic heterocycles. The summed E-state index contributed by atoms with van der Waals surface area (Å²) < 4.78 is 44.1. The predicted octanol–water partition coefficient (Wildman–Crippen LogP) is 4.93. The normalized spacial score (nSPS) is 15.3. The van der Waals surface area contributed by atoms with E-state index in [2.05, 4.69) is 63.7 Å². The van der Waals surface area contributed by atoms with E-state index >= 15 is 0 Å². The lowest BCUT2D eigenvalue weighted by Crippen LogP contribution is -2.24. The molecule has 12 heteroatoms. The number of carbonyl (C=O) groups excluding carboxylic acids is 2. The van der Waals surface area contributed by atoms with Crippen molar-refractivity contribution in [1.29, 1.82) is 0 Å². The zero-order chi connectivity index (χ0) is 21.1. The van der Waals surface area contributed by atoms with Gasteiger partial charge in [0.2, 0.25) is 0 Å². The van der Waals surface area contributed by atoms with Gasteiger partial charge in [0.05, 0.1) is 27.0 Å².